The topological polar surface area (TPSA) is 105 Å². The molecule has 9 heteroatoms. The Morgan fingerprint density at radius 2 is 0.509 bits per heavy atom. The average molecular weight is 860 g/mol. The van der Waals surface area contributed by atoms with Crippen LogP contribution in [0.15, 0.2) is 170 Å². The van der Waals surface area contributed by atoms with Gasteiger partial charge < -0.3 is 0 Å². The van der Waals surface area contributed by atoms with Gasteiger partial charge in [0.05, 0.1) is 0 Å². The van der Waals surface area contributed by atoms with Gasteiger partial charge >= 0.3 is 336 Å². The molecular formula is C48H36O8Sn. The van der Waals surface area contributed by atoms with Crippen molar-refractivity contribution in [1.82, 2.24) is 0 Å². The van der Waals surface area contributed by atoms with Crippen molar-refractivity contribution < 1.29 is 31.5 Å². The summed E-state index contributed by atoms with van der Waals surface area (Å²) in [6, 6.07) is 52.8. The van der Waals surface area contributed by atoms with E-state index in [2.05, 4.69) is 0 Å². The Hall–Kier alpha value is -6.52. The van der Waals surface area contributed by atoms with Gasteiger partial charge in [-0.1, -0.05) is 0 Å². The van der Waals surface area contributed by atoms with E-state index < -0.39 is 43.9 Å². The van der Waals surface area contributed by atoms with E-state index in [1.54, 1.807) is 24.3 Å². The monoisotopic (exact) mass is 860 g/mol. The van der Waals surface area contributed by atoms with Crippen LogP contribution >= 0.6 is 0 Å². The zero-order valence-corrected chi connectivity index (χ0v) is 33.6. The Bertz CT molecular complexity index is 2430. The Kier molecular flexibility index (Phi) is 11.0. The number of hydrogen-bond acceptors (Lipinski definition) is 8. The van der Waals surface area contributed by atoms with Crippen molar-refractivity contribution in [3.05, 3.63) is 192 Å². The number of benzene rings is 8. The van der Waals surface area contributed by atoms with Gasteiger partial charge in [0.1, 0.15) is 0 Å². The van der Waals surface area contributed by atoms with Crippen molar-refractivity contribution in [3.8, 4) is 0 Å². The number of carbonyl (C=O) groups excluding carboxylic acids is 4. The minimum absolute atomic E-state index is 0.268. The van der Waals surface area contributed by atoms with Crippen molar-refractivity contribution in [2.45, 2.75) is 25.7 Å². The summed E-state index contributed by atoms with van der Waals surface area (Å²) in [7, 11) is 0. The normalized spacial score (nSPS) is 11.4. The molecule has 0 unspecified atom stereocenters. The molecule has 0 saturated carbocycles. The van der Waals surface area contributed by atoms with E-state index in [4.69, 9.17) is 12.3 Å². The van der Waals surface area contributed by atoms with Gasteiger partial charge in [0.15, 0.2) is 0 Å². The van der Waals surface area contributed by atoms with Gasteiger partial charge in [-0.2, -0.15) is 0 Å². The van der Waals surface area contributed by atoms with Gasteiger partial charge in [0, 0.05) is 0 Å². The van der Waals surface area contributed by atoms with Gasteiger partial charge in [-0.15, -0.1) is 0 Å². The molecule has 0 radical (unpaired) electrons. The van der Waals surface area contributed by atoms with Crippen LogP contribution in [0.3, 0.4) is 0 Å². The molecule has 0 bridgehead atoms. The van der Waals surface area contributed by atoms with Crippen molar-refractivity contribution in [3.63, 3.8) is 0 Å². The molecule has 8 aromatic carbocycles. The van der Waals surface area contributed by atoms with Crippen LogP contribution in [-0.4, -0.2) is 43.9 Å². The molecule has 0 heterocycles. The van der Waals surface area contributed by atoms with Gasteiger partial charge in [-0.05, 0) is 0 Å². The van der Waals surface area contributed by atoms with Crippen molar-refractivity contribution >= 4 is 87.0 Å². The molecule has 57 heavy (non-hydrogen) atoms. The maximum absolute atomic E-state index is 13.9. The van der Waals surface area contributed by atoms with Crippen LogP contribution in [0.25, 0.3) is 43.1 Å². The first-order chi connectivity index (χ1) is 27.8. The van der Waals surface area contributed by atoms with E-state index in [0.717, 1.165) is 43.1 Å². The molecule has 0 fully saturated rings. The van der Waals surface area contributed by atoms with Crippen molar-refractivity contribution in [2.75, 3.05) is 0 Å². The van der Waals surface area contributed by atoms with Crippen LogP contribution in [0.2, 0.25) is 0 Å². The van der Waals surface area contributed by atoms with E-state index >= 15 is 0 Å². The zero-order valence-electron chi connectivity index (χ0n) is 30.8. The van der Waals surface area contributed by atoms with Crippen molar-refractivity contribution in [2.24, 2.45) is 0 Å². The Labute approximate surface area is 334 Å². The fourth-order valence-electron chi connectivity index (χ4n) is 6.89. The van der Waals surface area contributed by atoms with E-state index in [9.17, 15) is 19.2 Å². The third kappa shape index (κ3) is 9.31. The van der Waals surface area contributed by atoms with Crippen LogP contribution in [0.1, 0.15) is 22.3 Å². The fourth-order valence-corrected chi connectivity index (χ4v) is 11.6. The van der Waals surface area contributed by atoms with Gasteiger partial charge in [-0.3, -0.25) is 0 Å². The second-order valence-electron chi connectivity index (χ2n) is 13.8. The molecule has 280 valence electrons. The first-order valence-corrected chi connectivity index (χ1v) is 23.2. The van der Waals surface area contributed by atoms with Crippen LogP contribution in [-0.2, 0) is 57.2 Å². The molecule has 0 atom stereocenters. The number of fused-ring (bicyclic) bond motifs is 4. The van der Waals surface area contributed by atoms with E-state index in [0.29, 0.717) is 22.3 Å². The summed E-state index contributed by atoms with van der Waals surface area (Å²) in [5.74, 6) is -3.51. The van der Waals surface area contributed by atoms with Crippen LogP contribution in [0, 0.1) is 0 Å². The SMILES string of the molecule is O=C(Cc1ccc2ccccc2c1)[O][Sn]([O]C(=O)Cc1ccc2ccccc2c1)([O]C(=O)Cc1ccc2ccccc2c1)[O]C(=O)Cc1ccc2ccccc2c1. The third-order valence-electron chi connectivity index (χ3n) is 9.60. The molecule has 0 spiro atoms. The molecule has 0 saturated heterocycles. The van der Waals surface area contributed by atoms with E-state index in [1.165, 1.54) is 0 Å². The molecular weight excluding hydrogens is 823 g/mol. The first-order valence-electron chi connectivity index (χ1n) is 18.5. The van der Waals surface area contributed by atoms with Gasteiger partial charge in [0.25, 0.3) is 0 Å². The Morgan fingerprint density at radius 1 is 0.298 bits per heavy atom. The van der Waals surface area contributed by atoms with E-state index in [-0.39, 0.29) is 25.7 Å². The van der Waals surface area contributed by atoms with Crippen LogP contribution in [0.5, 0.6) is 0 Å². The minimum atomic E-state index is -6.34. The Balaban J connectivity index is 1.12. The summed E-state index contributed by atoms with van der Waals surface area (Å²) in [4.78, 5) is 55.5. The molecule has 0 aliphatic rings. The molecule has 0 N–H and O–H groups in total. The molecule has 0 amide bonds. The van der Waals surface area contributed by atoms with Crippen LogP contribution < -0.4 is 0 Å². The summed E-state index contributed by atoms with van der Waals surface area (Å²) >= 11 is -6.34. The average Bonchev–Trinajstić information content (AvgIpc) is 3.20. The number of carbonyl (C=O) groups is 4. The standard InChI is InChI=1S/4C12H10O2.Sn/c4*13-12(14)8-9-5-6-10-3-1-2-4-11(10)7-9;/h4*1-7H,8H2,(H,13,14);/q;;;;+4/p-4. The molecule has 8 aromatic rings. The predicted molar refractivity (Wildman–Crippen MR) is 221 cm³/mol. The molecule has 0 aliphatic heterocycles. The van der Waals surface area contributed by atoms with Crippen LogP contribution in [0.4, 0.5) is 0 Å². The fraction of sp³-hybridized carbons (Fsp3) is 0.0833. The summed E-state index contributed by atoms with van der Waals surface area (Å²) < 4.78 is 23.7. The third-order valence-corrected chi connectivity index (χ3v) is 15.1. The summed E-state index contributed by atoms with van der Waals surface area (Å²) in [6.45, 7) is 0. The molecule has 8 nitrogen and oxygen atoms in total. The summed E-state index contributed by atoms with van der Waals surface area (Å²) in [5.41, 5.74) is 2.41. The van der Waals surface area contributed by atoms with Gasteiger partial charge in [0.2, 0.25) is 0 Å². The molecule has 0 aliphatic carbocycles. The second kappa shape index (κ2) is 16.7. The summed E-state index contributed by atoms with van der Waals surface area (Å²) in [5, 5.41) is 7.55. The summed E-state index contributed by atoms with van der Waals surface area (Å²) in [6.07, 6.45) is -1.07. The van der Waals surface area contributed by atoms with E-state index in [1.807, 2.05) is 146 Å². The zero-order chi connectivity index (χ0) is 39.2. The van der Waals surface area contributed by atoms with Gasteiger partial charge in [-0.25, -0.2) is 0 Å². The first kappa shape index (κ1) is 37.4. The van der Waals surface area contributed by atoms with Crippen molar-refractivity contribution in [1.29, 1.82) is 0 Å². The predicted octanol–water partition coefficient (Wildman–Crippen LogP) is 9.18. The molecule has 0 aromatic heterocycles. The second-order valence-corrected chi connectivity index (χ2v) is 19.0. The Morgan fingerprint density at radius 3 is 0.737 bits per heavy atom. The maximum atomic E-state index is 13.9. The number of hydrogen-bond donors (Lipinski definition) is 0. The molecule has 8 rings (SSSR count). The quantitative estimate of drug-likeness (QED) is 0.112. The number of rotatable bonds is 12.